The molecule has 11 heteroatoms. The lowest BCUT2D eigenvalue weighted by Crippen LogP contribution is -2.64. The van der Waals surface area contributed by atoms with Crippen LogP contribution in [-0.2, 0) is 23.9 Å². The average Bonchev–Trinajstić information content (AvgIpc) is 3.02. The molecular formula is C24H34N2O7SSi. The summed E-state index contributed by atoms with van der Waals surface area (Å²) in [4.78, 5) is 40.5. The number of carbonyl (C=O) groups is 3. The van der Waals surface area contributed by atoms with Crippen LogP contribution in [0.25, 0.3) is 0 Å². The molecule has 9 nitrogen and oxygen atoms in total. The number of sulfone groups is 1. The molecule has 192 valence electrons. The highest BCUT2D eigenvalue weighted by Gasteiger charge is 2.62. The van der Waals surface area contributed by atoms with E-state index in [2.05, 4.69) is 0 Å². The Labute approximate surface area is 207 Å². The molecule has 2 aliphatic heterocycles. The maximum absolute atomic E-state index is 14.0. The van der Waals surface area contributed by atoms with Crippen LogP contribution >= 0.6 is 0 Å². The van der Waals surface area contributed by atoms with Crippen molar-refractivity contribution in [3.63, 3.8) is 0 Å². The van der Waals surface area contributed by atoms with Crippen molar-refractivity contribution in [3.8, 4) is 0 Å². The lowest BCUT2D eigenvalue weighted by atomic mass is 9.79. The summed E-state index contributed by atoms with van der Waals surface area (Å²) in [6, 6.07) is 5.18. The number of carboxylic acids is 1. The zero-order valence-electron chi connectivity index (χ0n) is 21.2. The number of carboxylic acid groups (broad SMARTS) is 1. The molecule has 0 bridgehead atoms. The van der Waals surface area contributed by atoms with Crippen LogP contribution in [0.4, 0.5) is 0 Å². The molecular weight excluding hydrogens is 488 g/mol. The van der Waals surface area contributed by atoms with E-state index < -0.39 is 65.6 Å². The van der Waals surface area contributed by atoms with E-state index in [4.69, 9.17) is 4.43 Å². The number of fused-ring (bicyclic) bond motifs is 1. The standard InChI is InChI=1S/C24H34N2O7SSi/c1-8-25(9-2)22(27)16-12-10-11-13-17(16)34(31,32)21-14(3)19-18(15(4)33-35(5,6)7)23(28)26(19)20(21)24(29)30/h10-15,18-19H,8-9H2,1-7H3,(H,29,30)/t14?,15?,18?,19-/m0/s1. The Hall–Kier alpha value is -2.50. The van der Waals surface area contributed by atoms with Gasteiger partial charge < -0.3 is 19.3 Å². The Morgan fingerprint density at radius 1 is 1.17 bits per heavy atom. The maximum atomic E-state index is 14.0. The third-order valence-corrected chi connectivity index (χ3v) is 9.74. The predicted octanol–water partition coefficient (Wildman–Crippen LogP) is 2.96. The predicted molar refractivity (Wildman–Crippen MR) is 133 cm³/mol. The van der Waals surface area contributed by atoms with Gasteiger partial charge in [0.1, 0.15) is 5.70 Å². The Morgan fingerprint density at radius 2 is 1.74 bits per heavy atom. The van der Waals surface area contributed by atoms with Gasteiger partial charge in [0.25, 0.3) is 5.91 Å². The van der Waals surface area contributed by atoms with Gasteiger partial charge in [-0.15, -0.1) is 0 Å². The number of carbonyl (C=O) groups excluding carboxylic acids is 2. The van der Waals surface area contributed by atoms with Crippen LogP contribution in [-0.4, -0.2) is 74.7 Å². The topological polar surface area (TPSA) is 121 Å². The number of hydrogen-bond donors (Lipinski definition) is 1. The summed E-state index contributed by atoms with van der Waals surface area (Å²) in [6.45, 7) is 13.7. The quantitative estimate of drug-likeness (QED) is 0.391. The Morgan fingerprint density at radius 3 is 2.26 bits per heavy atom. The van der Waals surface area contributed by atoms with Crippen molar-refractivity contribution < 1.29 is 32.3 Å². The summed E-state index contributed by atoms with van der Waals surface area (Å²) >= 11 is 0. The van der Waals surface area contributed by atoms with Crippen molar-refractivity contribution in [1.29, 1.82) is 0 Å². The van der Waals surface area contributed by atoms with Crippen molar-refractivity contribution in [1.82, 2.24) is 9.80 Å². The van der Waals surface area contributed by atoms with E-state index in [9.17, 15) is 27.9 Å². The molecule has 1 N–H and O–H groups in total. The molecule has 0 aliphatic carbocycles. The lowest BCUT2D eigenvalue weighted by Gasteiger charge is -2.48. The van der Waals surface area contributed by atoms with E-state index in [1.165, 1.54) is 23.1 Å². The molecule has 0 spiro atoms. The fraction of sp³-hybridized carbons (Fsp3) is 0.542. The van der Waals surface area contributed by atoms with E-state index in [-0.39, 0.29) is 15.4 Å². The molecule has 4 atom stereocenters. The first-order chi connectivity index (χ1) is 16.2. The normalized spacial score (nSPS) is 23.1. The van der Waals surface area contributed by atoms with E-state index >= 15 is 0 Å². The zero-order valence-corrected chi connectivity index (χ0v) is 23.0. The Bertz CT molecular complexity index is 1180. The van der Waals surface area contributed by atoms with Gasteiger partial charge in [0.15, 0.2) is 8.32 Å². The Balaban J connectivity index is 2.11. The van der Waals surface area contributed by atoms with Crippen LogP contribution in [0.5, 0.6) is 0 Å². The monoisotopic (exact) mass is 522 g/mol. The van der Waals surface area contributed by atoms with Crippen LogP contribution in [0.3, 0.4) is 0 Å². The van der Waals surface area contributed by atoms with Crippen molar-refractivity contribution in [2.45, 2.75) is 64.4 Å². The number of nitrogens with zero attached hydrogens (tertiary/aromatic N) is 2. The van der Waals surface area contributed by atoms with Gasteiger partial charge in [-0.25, -0.2) is 13.2 Å². The molecule has 3 rings (SSSR count). The van der Waals surface area contributed by atoms with Gasteiger partial charge in [-0.05, 0) is 52.5 Å². The average molecular weight is 523 g/mol. The smallest absolute Gasteiger partial charge is 0.353 e. The van der Waals surface area contributed by atoms with Crippen LogP contribution in [0.1, 0.15) is 38.1 Å². The van der Waals surface area contributed by atoms with Crippen molar-refractivity contribution in [2.24, 2.45) is 11.8 Å². The summed E-state index contributed by atoms with van der Waals surface area (Å²) < 4.78 is 34.0. The fourth-order valence-corrected chi connectivity index (χ4v) is 8.45. The van der Waals surface area contributed by atoms with E-state index in [1.807, 2.05) is 19.6 Å². The summed E-state index contributed by atoms with van der Waals surface area (Å²) in [5.74, 6) is -3.82. The third kappa shape index (κ3) is 4.56. The van der Waals surface area contributed by atoms with Crippen LogP contribution in [0, 0.1) is 11.8 Å². The number of hydrogen-bond acceptors (Lipinski definition) is 6. The number of benzene rings is 1. The number of β-lactam (4-membered cyclic amide) rings is 1. The van der Waals surface area contributed by atoms with Crippen LogP contribution < -0.4 is 0 Å². The van der Waals surface area contributed by atoms with Gasteiger partial charge in [0, 0.05) is 19.0 Å². The molecule has 3 unspecified atom stereocenters. The first kappa shape index (κ1) is 27.1. The van der Waals surface area contributed by atoms with E-state index in [1.54, 1.807) is 33.8 Å². The number of amides is 2. The van der Waals surface area contributed by atoms with Gasteiger partial charge in [0.05, 0.1) is 33.4 Å². The molecule has 0 aromatic heterocycles. The maximum Gasteiger partial charge on any atom is 0.353 e. The second kappa shape index (κ2) is 9.51. The third-order valence-electron chi connectivity index (χ3n) is 6.58. The van der Waals surface area contributed by atoms with Crippen molar-refractivity contribution in [3.05, 3.63) is 40.4 Å². The van der Waals surface area contributed by atoms with E-state index in [0.717, 1.165) is 4.90 Å². The molecule has 1 fully saturated rings. The van der Waals surface area contributed by atoms with E-state index in [0.29, 0.717) is 13.1 Å². The molecule has 1 aromatic carbocycles. The molecule has 0 radical (unpaired) electrons. The zero-order chi connectivity index (χ0) is 26.5. The highest BCUT2D eigenvalue weighted by molar-refractivity contribution is 7.95. The number of rotatable bonds is 9. The van der Waals surface area contributed by atoms with Crippen molar-refractivity contribution in [2.75, 3.05) is 13.1 Å². The first-order valence-electron chi connectivity index (χ1n) is 11.8. The number of aliphatic carboxylic acids is 1. The Kier molecular flexibility index (Phi) is 7.36. The molecule has 1 aromatic rings. The minimum Gasteiger partial charge on any atom is -0.477 e. The molecule has 0 saturated carbocycles. The molecule has 35 heavy (non-hydrogen) atoms. The van der Waals surface area contributed by atoms with Crippen LogP contribution in [0.15, 0.2) is 39.8 Å². The lowest BCUT2D eigenvalue weighted by molar-refractivity contribution is -0.162. The van der Waals surface area contributed by atoms with Gasteiger partial charge >= 0.3 is 5.97 Å². The summed E-state index contributed by atoms with van der Waals surface area (Å²) in [7, 11) is -6.42. The minimum atomic E-state index is -4.42. The summed E-state index contributed by atoms with van der Waals surface area (Å²) in [5, 5.41) is 9.99. The fourth-order valence-electron chi connectivity index (χ4n) is 5.18. The highest BCUT2D eigenvalue weighted by atomic mass is 32.2. The van der Waals surface area contributed by atoms with Gasteiger partial charge in [-0.1, -0.05) is 19.1 Å². The molecule has 2 amide bonds. The second-order valence-electron chi connectivity index (χ2n) is 9.94. The van der Waals surface area contributed by atoms with Gasteiger partial charge in [-0.2, -0.15) is 0 Å². The largest absolute Gasteiger partial charge is 0.477 e. The summed E-state index contributed by atoms with van der Waals surface area (Å²) in [5.41, 5.74) is -0.553. The SMILES string of the molecule is CCN(CC)C(=O)c1ccccc1S(=O)(=O)C1=C(C(=O)O)N2C(=O)C(C(C)O[Si](C)(C)C)[C@@H]2C1C. The molecule has 2 aliphatic rings. The molecule has 2 heterocycles. The summed E-state index contributed by atoms with van der Waals surface area (Å²) in [6.07, 6.45) is -0.480. The van der Waals surface area contributed by atoms with Crippen molar-refractivity contribution >= 4 is 35.9 Å². The second-order valence-corrected chi connectivity index (χ2v) is 16.3. The highest BCUT2D eigenvalue weighted by Crippen LogP contribution is 2.50. The minimum absolute atomic E-state index is 0.0202. The first-order valence-corrected chi connectivity index (χ1v) is 16.7. The van der Waals surface area contributed by atoms with Crippen LogP contribution in [0.2, 0.25) is 19.6 Å². The van der Waals surface area contributed by atoms with Gasteiger partial charge in [0.2, 0.25) is 15.7 Å². The molecule has 1 saturated heterocycles. The van der Waals surface area contributed by atoms with Gasteiger partial charge in [-0.3, -0.25) is 9.59 Å².